The van der Waals surface area contributed by atoms with Gasteiger partial charge in [-0.05, 0) is 18.9 Å². The Morgan fingerprint density at radius 1 is 1.44 bits per heavy atom. The predicted molar refractivity (Wildman–Crippen MR) is 129 cm³/mol. The van der Waals surface area contributed by atoms with E-state index >= 15 is 0 Å². The summed E-state index contributed by atoms with van der Waals surface area (Å²) in [6, 6.07) is 2.78. The summed E-state index contributed by atoms with van der Waals surface area (Å²) >= 11 is 1.10. The molecule has 2 amide bonds. The van der Waals surface area contributed by atoms with E-state index in [9.17, 15) is 23.7 Å². The number of nitrogen functional groups attached to an aromatic ring is 1. The number of aromatic nitrogens is 2. The highest BCUT2D eigenvalue weighted by Crippen LogP contribution is 2.35. The number of carboxylic acids is 1. The summed E-state index contributed by atoms with van der Waals surface area (Å²) in [5.41, 5.74) is 8.14. The topological polar surface area (TPSA) is 168 Å². The van der Waals surface area contributed by atoms with Gasteiger partial charge in [0.2, 0.25) is 0 Å². The minimum atomic E-state index is -1.64. The number of β-lactam (4-membered cyclic amide) rings is 1. The van der Waals surface area contributed by atoms with Crippen molar-refractivity contribution in [3.63, 3.8) is 0 Å². The average Bonchev–Trinajstić information content (AvgIpc) is 3.50. The molecule has 36 heavy (non-hydrogen) atoms. The average molecular weight is 532 g/mol. The second-order valence-electron chi connectivity index (χ2n) is 8.49. The summed E-state index contributed by atoms with van der Waals surface area (Å²) in [6.07, 6.45) is 4.73. The van der Waals surface area contributed by atoms with Gasteiger partial charge in [0, 0.05) is 29.0 Å². The number of hydrogen-bond donors (Lipinski definition) is 3. The van der Waals surface area contributed by atoms with E-state index in [1.807, 2.05) is 22.9 Å². The van der Waals surface area contributed by atoms with Gasteiger partial charge >= 0.3 is 5.97 Å². The third-order valence-corrected chi connectivity index (χ3v) is 8.69. The summed E-state index contributed by atoms with van der Waals surface area (Å²) in [4.78, 5) is 48.0. The number of aliphatic carboxylic acids is 1. The van der Waals surface area contributed by atoms with Crippen molar-refractivity contribution in [2.75, 3.05) is 18.6 Å². The van der Waals surface area contributed by atoms with Crippen molar-refractivity contribution in [1.29, 1.82) is 0 Å². The quantitative estimate of drug-likeness (QED) is 0.183. The maximum absolute atomic E-state index is 13.2. The number of carboxylic acid groups (broad SMARTS) is 1. The zero-order valence-electron chi connectivity index (χ0n) is 19.2. The van der Waals surface area contributed by atoms with Crippen LogP contribution in [0.1, 0.15) is 23.4 Å². The number of oxime groups is 1. The van der Waals surface area contributed by atoms with Crippen molar-refractivity contribution < 1.29 is 33.1 Å². The van der Waals surface area contributed by atoms with Crippen LogP contribution in [0.5, 0.6) is 0 Å². The number of fused-ring (bicyclic) bond motifs is 2. The molecule has 0 saturated carbocycles. The number of carbonyl (C=O) groups excluding carboxylic acids is 2. The summed E-state index contributed by atoms with van der Waals surface area (Å²) < 4.78 is 15.2. The standard InChI is InChI=1S/C22H22N6O6S2/c1-34-26-15(13-9-35-22(23)24-13)18(29)25-16-19(30)28-17(21(31)32)12(10-36(33)20(16)28)8-27-7-3-5-11-4-2-6-14(11)27/h3,5,7,9,16,20H,2,4,6,8,10H2,1H3,(H3-,23,24,25,29,31,32)/p+1/b26-15-/t16-,20-,36?/m1/s1. The molecule has 0 bridgehead atoms. The highest BCUT2D eigenvalue weighted by molar-refractivity contribution is 7.86. The minimum absolute atomic E-state index is 0.0270. The molecule has 3 aliphatic rings. The Kier molecular flexibility index (Phi) is 6.30. The van der Waals surface area contributed by atoms with E-state index in [1.165, 1.54) is 18.1 Å². The Balaban J connectivity index is 1.40. The normalized spacial score (nSPS) is 23.1. The molecule has 0 radical (unpaired) electrons. The molecule has 1 saturated heterocycles. The first-order valence-electron chi connectivity index (χ1n) is 11.1. The van der Waals surface area contributed by atoms with Gasteiger partial charge in [-0.25, -0.2) is 9.78 Å². The summed E-state index contributed by atoms with van der Waals surface area (Å²) in [5.74, 6) is -2.74. The van der Waals surface area contributed by atoms with Crippen LogP contribution in [0.25, 0.3) is 0 Å². The molecule has 5 rings (SSSR count). The van der Waals surface area contributed by atoms with Crippen LogP contribution in [-0.4, -0.2) is 67.0 Å². The van der Waals surface area contributed by atoms with Gasteiger partial charge < -0.3 is 21.0 Å². The lowest BCUT2D eigenvalue weighted by atomic mass is 10.0. The Morgan fingerprint density at radius 2 is 2.25 bits per heavy atom. The lowest BCUT2D eigenvalue weighted by molar-refractivity contribution is -0.696. The van der Waals surface area contributed by atoms with E-state index in [-0.39, 0.29) is 34.5 Å². The maximum Gasteiger partial charge on any atom is 0.352 e. The maximum atomic E-state index is 13.2. The molecule has 1 unspecified atom stereocenters. The van der Waals surface area contributed by atoms with Crippen LogP contribution in [-0.2, 0) is 49.4 Å². The summed E-state index contributed by atoms with van der Waals surface area (Å²) in [6.45, 7) is 0.222. The molecule has 2 aromatic heterocycles. The van der Waals surface area contributed by atoms with Crippen LogP contribution in [0.4, 0.5) is 5.13 Å². The van der Waals surface area contributed by atoms with Crippen molar-refractivity contribution in [2.24, 2.45) is 5.16 Å². The summed E-state index contributed by atoms with van der Waals surface area (Å²) in [7, 11) is -0.390. The molecule has 3 atom stereocenters. The monoisotopic (exact) mass is 531 g/mol. The van der Waals surface area contributed by atoms with Crippen LogP contribution in [0.15, 0.2) is 40.1 Å². The highest BCUT2D eigenvalue weighted by Gasteiger charge is 2.57. The zero-order valence-corrected chi connectivity index (χ0v) is 20.8. The number of amides is 2. The van der Waals surface area contributed by atoms with Crippen LogP contribution >= 0.6 is 11.3 Å². The van der Waals surface area contributed by atoms with E-state index in [0.717, 1.165) is 41.2 Å². The molecule has 4 N–H and O–H groups in total. The number of nitrogens with two attached hydrogens (primary N) is 1. The van der Waals surface area contributed by atoms with Crippen LogP contribution in [0.3, 0.4) is 0 Å². The third kappa shape index (κ3) is 4.05. The number of nitrogens with one attached hydrogen (secondary N) is 1. The zero-order chi connectivity index (χ0) is 25.6. The van der Waals surface area contributed by atoms with E-state index < -0.39 is 40.0 Å². The van der Waals surface area contributed by atoms with E-state index in [4.69, 9.17) is 10.6 Å². The van der Waals surface area contributed by atoms with Crippen molar-refractivity contribution in [2.45, 2.75) is 37.2 Å². The number of thiazole rings is 1. The Hall–Kier alpha value is -3.65. The molecular weight excluding hydrogens is 508 g/mol. The first-order chi connectivity index (χ1) is 17.3. The third-order valence-electron chi connectivity index (χ3n) is 6.36. The molecule has 188 valence electrons. The van der Waals surface area contributed by atoms with E-state index in [0.29, 0.717) is 5.57 Å². The number of carbonyl (C=O) groups is 3. The first kappa shape index (κ1) is 24.1. The fraction of sp³-hybridized carbons (Fsp3) is 0.364. The van der Waals surface area contributed by atoms with Gasteiger partial charge in [0.15, 0.2) is 29.3 Å². The predicted octanol–water partition coefficient (Wildman–Crippen LogP) is -0.694. The molecular formula is C22H23N6O6S2+. The molecule has 14 heteroatoms. The van der Waals surface area contributed by atoms with Crippen molar-refractivity contribution >= 4 is 50.8 Å². The molecule has 2 aromatic rings. The van der Waals surface area contributed by atoms with Gasteiger partial charge in [-0.1, -0.05) is 5.16 Å². The lowest BCUT2D eigenvalue weighted by Crippen LogP contribution is -2.74. The smallest absolute Gasteiger partial charge is 0.352 e. The van der Waals surface area contributed by atoms with Crippen LogP contribution < -0.4 is 15.6 Å². The Morgan fingerprint density at radius 3 is 2.94 bits per heavy atom. The van der Waals surface area contributed by atoms with Gasteiger partial charge in [-0.2, -0.15) is 4.57 Å². The van der Waals surface area contributed by atoms with Gasteiger partial charge in [0.05, 0.1) is 16.6 Å². The number of aryl methyl sites for hydroxylation is 1. The van der Waals surface area contributed by atoms with E-state index in [2.05, 4.69) is 15.5 Å². The molecule has 0 aromatic carbocycles. The SMILES string of the molecule is CO/N=C(\C(=O)N[C@@H]1C(=O)N2C(C(=O)O)=C(C[n+]3cccc4c3CCC4)CS(=O)[C@H]12)c1csc(N)n1. The molecule has 1 fully saturated rings. The fourth-order valence-electron chi connectivity index (χ4n) is 4.84. The van der Waals surface area contributed by atoms with Crippen LogP contribution in [0, 0.1) is 0 Å². The van der Waals surface area contributed by atoms with Gasteiger partial charge in [-0.15, -0.1) is 11.3 Å². The largest absolute Gasteiger partial charge is 0.477 e. The number of nitrogens with zero attached hydrogens (tertiary/aromatic N) is 4. The van der Waals surface area contributed by atoms with Crippen molar-refractivity contribution in [3.8, 4) is 0 Å². The second-order valence-corrected chi connectivity index (χ2v) is 10.9. The molecule has 12 nitrogen and oxygen atoms in total. The van der Waals surface area contributed by atoms with Gasteiger partial charge in [0.1, 0.15) is 29.9 Å². The number of hydrogen-bond acceptors (Lipinski definition) is 9. The number of pyridine rings is 1. The summed E-state index contributed by atoms with van der Waals surface area (Å²) in [5, 5.41) is 16.9. The Labute approximate surface area is 211 Å². The van der Waals surface area contributed by atoms with Gasteiger partial charge in [-0.3, -0.25) is 18.7 Å². The minimum Gasteiger partial charge on any atom is -0.477 e. The second kappa shape index (κ2) is 9.43. The van der Waals surface area contributed by atoms with E-state index in [1.54, 1.807) is 0 Å². The molecule has 1 aliphatic carbocycles. The molecule has 0 spiro atoms. The van der Waals surface area contributed by atoms with Crippen LogP contribution in [0.2, 0.25) is 0 Å². The molecule has 2 aliphatic heterocycles. The highest BCUT2D eigenvalue weighted by atomic mass is 32.2. The Bertz CT molecular complexity index is 1370. The van der Waals surface area contributed by atoms with Crippen molar-refractivity contribution in [1.82, 2.24) is 15.2 Å². The number of anilines is 1. The fourth-order valence-corrected chi connectivity index (χ4v) is 7.06. The lowest BCUT2D eigenvalue weighted by Gasteiger charge is -2.48. The number of rotatable bonds is 7. The first-order valence-corrected chi connectivity index (χ1v) is 13.4. The molecule has 4 heterocycles. The van der Waals surface area contributed by atoms with Crippen molar-refractivity contribution in [3.05, 3.63) is 51.9 Å². The van der Waals surface area contributed by atoms with Gasteiger partial charge in [0.25, 0.3) is 11.8 Å².